The van der Waals surface area contributed by atoms with Crippen LogP contribution in [0.1, 0.15) is 36.7 Å². The molecular weight excluding hydrogens is 366 g/mol. The monoisotopic (exact) mass is 387 g/mol. The highest BCUT2D eigenvalue weighted by molar-refractivity contribution is 6.11. The lowest BCUT2D eigenvalue weighted by Crippen LogP contribution is -2.27. The van der Waals surface area contributed by atoms with Crippen LogP contribution < -0.4 is 16.6 Å². The van der Waals surface area contributed by atoms with Crippen LogP contribution in [0.3, 0.4) is 0 Å². The Morgan fingerprint density at radius 3 is 2.56 bits per heavy atom. The summed E-state index contributed by atoms with van der Waals surface area (Å²) in [5.41, 5.74) is 6.11. The third-order valence-corrected chi connectivity index (χ3v) is 4.10. The van der Waals surface area contributed by atoms with Gasteiger partial charge in [-0.25, -0.2) is 9.67 Å². The van der Waals surface area contributed by atoms with E-state index >= 15 is 0 Å². The molecule has 27 heavy (non-hydrogen) atoms. The van der Waals surface area contributed by atoms with E-state index in [9.17, 15) is 9.59 Å². The number of nitrogens with zero attached hydrogens (tertiary/aromatic N) is 3. The largest absolute Gasteiger partial charge is 0.384 e. The third kappa shape index (κ3) is 4.62. The van der Waals surface area contributed by atoms with Crippen LogP contribution in [0.4, 0.5) is 11.5 Å². The summed E-state index contributed by atoms with van der Waals surface area (Å²) in [6.45, 7) is 2.58. The van der Waals surface area contributed by atoms with Crippen molar-refractivity contribution >= 4 is 40.6 Å². The highest BCUT2D eigenvalue weighted by Gasteiger charge is 2.16. The first-order valence-corrected chi connectivity index (χ1v) is 8.63. The molecule has 0 aliphatic carbocycles. The molecule has 142 valence electrons. The van der Waals surface area contributed by atoms with E-state index in [4.69, 9.17) is 5.73 Å². The van der Waals surface area contributed by atoms with Crippen LogP contribution in [0.2, 0.25) is 0 Å². The SMILES string of the molecule is CCCCCn1nc(C(=O)Nc2ccc(N)nc2)c2ccccc2c1=O.Cl. The van der Waals surface area contributed by atoms with Crippen molar-refractivity contribution in [1.82, 2.24) is 14.8 Å². The number of pyridine rings is 1. The number of fused-ring (bicyclic) bond motifs is 1. The van der Waals surface area contributed by atoms with E-state index in [1.54, 1.807) is 36.4 Å². The molecule has 1 amide bonds. The highest BCUT2D eigenvalue weighted by Crippen LogP contribution is 2.16. The van der Waals surface area contributed by atoms with Gasteiger partial charge >= 0.3 is 0 Å². The zero-order valence-electron chi connectivity index (χ0n) is 15.0. The number of rotatable bonds is 6. The standard InChI is InChI=1S/C19H21N5O2.ClH/c1-2-3-6-11-24-19(26)15-8-5-4-7-14(15)17(23-24)18(25)22-13-9-10-16(20)21-12-13;/h4-5,7-10,12H,2-3,6,11H2,1H3,(H2,20,21)(H,22,25);1H. The van der Waals surface area contributed by atoms with Gasteiger partial charge in [-0.15, -0.1) is 12.4 Å². The number of hydrogen-bond donors (Lipinski definition) is 2. The molecule has 2 heterocycles. The van der Waals surface area contributed by atoms with Gasteiger partial charge in [0.2, 0.25) is 0 Å². The van der Waals surface area contributed by atoms with Crippen molar-refractivity contribution in [2.24, 2.45) is 0 Å². The molecule has 3 rings (SSSR count). The quantitative estimate of drug-likeness (QED) is 0.632. The maximum atomic E-state index is 12.8. The molecule has 3 aromatic rings. The van der Waals surface area contributed by atoms with Crippen molar-refractivity contribution in [3.63, 3.8) is 0 Å². The Labute approximate surface area is 163 Å². The summed E-state index contributed by atoms with van der Waals surface area (Å²) in [7, 11) is 0. The van der Waals surface area contributed by atoms with Crippen molar-refractivity contribution in [3.8, 4) is 0 Å². The zero-order valence-corrected chi connectivity index (χ0v) is 15.8. The number of amides is 1. The zero-order chi connectivity index (χ0) is 18.5. The second-order valence-electron chi connectivity index (χ2n) is 6.06. The lowest BCUT2D eigenvalue weighted by molar-refractivity contribution is 0.102. The molecule has 0 atom stereocenters. The van der Waals surface area contributed by atoms with E-state index in [1.165, 1.54) is 10.9 Å². The van der Waals surface area contributed by atoms with Crippen LogP contribution in [0.15, 0.2) is 47.4 Å². The Balaban J connectivity index is 0.00000261. The van der Waals surface area contributed by atoms with Gasteiger partial charge in [0.25, 0.3) is 11.5 Å². The van der Waals surface area contributed by atoms with E-state index in [2.05, 4.69) is 22.3 Å². The molecule has 0 unspecified atom stereocenters. The van der Waals surface area contributed by atoms with E-state index < -0.39 is 5.91 Å². The predicted molar refractivity (Wildman–Crippen MR) is 109 cm³/mol. The fraction of sp³-hybridized carbons (Fsp3) is 0.263. The molecule has 0 aliphatic rings. The molecule has 3 N–H and O–H groups in total. The maximum Gasteiger partial charge on any atom is 0.276 e. The Hall–Kier alpha value is -2.93. The number of benzene rings is 1. The number of halogens is 1. The van der Waals surface area contributed by atoms with Gasteiger partial charge in [0.15, 0.2) is 5.69 Å². The molecule has 7 nitrogen and oxygen atoms in total. The summed E-state index contributed by atoms with van der Waals surface area (Å²) in [6, 6.07) is 10.3. The molecule has 2 aromatic heterocycles. The number of carbonyl (C=O) groups is 1. The summed E-state index contributed by atoms with van der Waals surface area (Å²) < 4.78 is 1.38. The van der Waals surface area contributed by atoms with Crippen LogP contribution in [-0.2, 0) is 6.54 Å². The molecule has 1 aromatic carbocycles. The Bertz CT molecular complexity index is 986. The molecule has 0 fully saturated rings. The lowest BCUT2D eigenvalue weighted by Gasteiger charge is -2.11. The van der Waals surface area contributed by atoms with Gasteiger partial charge in [-0.3, -0.25) is 9.59 Å². The van der Waals surface area contributed by atoms with Crippen LogP contribution >= 0.6 is 12.4 Å². The molecule has 8 heteroatoms. The minimum Gasteiger partial charge on any atom is -0.384 e. The first kappa shape index (κ1) is 20.4. The number of hydrogen-bond acceptors (Lipinski definition) is 5. The number of aromatic nitrogens is 3. The smallest absolute Gasteiger partial charge is 0.276 e. The summed E-state index contributed by atoms with van der Waals surface area (Å²) in [4.78, 5) is 29.4. The maximum absolute atomic E-state index is 12.8. The minimum atomic E-state index is -0.392. The summed E-state index contributed by atoms with van der Waals surface area (Å²) in [5.74, 6) is -0.0203. The average Bonchev–Trinajstić information content (AvgIpc) is 2.65. The fourth-order valence-corrected chi connectivity index (χ4v) is 2.74. The van der Waals surface area contributed by atoms with E-state index in [0.29, 0.717) is 28.8 Å². The second kappa shape index (κ2) is 9.14. The topological polar surface area (TPSA) is 103 Å². The second-order valence-corrected chi connectivity index (χ2v) is 6.06. The van der Waals surface area contributed by atoms with Crippen molar-refractivity contribution in [2.75, 3.05) is 11.1 Å². The lowest BCUT2D eigenvalue weighted by atomic mass is 10.1. The van der Waals surface area contributed by atoms with Crippen LogP contribution in [-0.4, -0.2) is 20.7 Å². The van der Waals surface area contributed by atoms with Crippen LogP contribution in [0, 0.1) is 0 Å². The molecule has 0 radical (unpaired) electrons. The minimum absolute atomic E-state index is 0. The molecule has 0 aliphatic heterocycles. The van der Waals surface area contributed by atoms with Gasteiger partial charge in [-0.2, -0.15) is 5.10 Å². The summed E-state index contributed by atoms with van der Waals surface area (Å²) >= 11 is 0. The van der Waals surface area contributed by atoms with Gasteiger partial charge in [-0.05, 0) is 24.6 Å². The summed E-state index contributed by atoms with van der Waals surface area (Å²) in [5, 5.41) is 8.11. The van der Waals surface area contributed by atoms with Gasteiger partial charge < -0.3 is 11.1 Å². The van der Waals surface area contributed by atoms with E-state index in [0.717, 1.165) is 19.3 Å². The van der Waals surface area contributed by atoms with Crippen molar-refractivity contribution < 1.29 is 4.79 Å². The number of nitrogens with one attached hydrogen (secondary N) is 1. The first-order chi connectivity index (χ1) is 12.6. The molecule has 0 spiro atoms. The van der Waals surface area contributed by atoms with Crippen molar-refractivity contribution in [2.45, 2.75) is 32.7 Å². The number of anilines is 2. The first-order valence-electron chi connectivity index (χ1n) is 8.63. The molecule has 0 bridgehead atoms. The van der Waals surface area contributed by atoms with E-state index in [-0.39, 0.29) is 23.7 Å². The van der Waals surface area contributed by atoms with Gasteiger partial charge in [0.05, 0.1) is 17.3 Å². The Kier molecular flexibility index (Phi) is 6.90. The number of nitrogens with two attached hydrogens (primary N) is 1. The number of unbranched alkanes of at least 4 members (excludes halogenated alkanes) is 2. The van der Waals surface area contributed by atoms with Gasteiger partial charge in [0.1, 0.15) is 5.82 Å². The average molecular weight is 388 g/mol. The third-order valence-electron chi connectivity index (χ3n) is 4.10. The number of nitrogen functional groups attached to an aromatic ring is 1. The van der Waals surface area contributed by atoms with Gasteiger partial charge in [0, 0.05) is 11.9 Å². The van der Waals surface area contributed by atoms with Crippen molar-refractivity contribution in [1.29, 1.82) is 0 Å². The fourth-order valence-electron chi connectivity index (χ4n) is 2.74. The van der Waals surface area contributed by atoms with Gasteiger partial charge in [-0.1, -0.05) is 38.0 Å². The van der Waals surface area contributed by atoms with Crippen LogP contribution in [0.5, 0.6) is 0 Å². The molecule has 0 saturated carbocycles. The van der Waals surface area contributed by atoms with Crippen LogP contribution in [0.25, 0.3) is 10.8 Å². The summed E-state index contributed by atoms with van der Waals surface area (Å²) in [6.07, 6.45) is 4.36. The highest BCUT2D eigenvalue weighted by atomic mass is 35.5. The molecule has 0 saturated heterocycles. The normalized spacial score (nSPS) is 10.4. The predicted octanol–water partition coefficient (Wildman–Crippen LogP) is 3.24. The van der Waals surface area contributed by atoms with Crippen molar-refractivity contribution in [3.05, 3.63) is 58.6 Å². The Morgan fingerprint density at radius 1 is 1.15 bits per heavy atom. The Morgan fingerprint density at radius 2 is 1.89 bits per heavy atom. The van der Waals surface area contributed by atoms with E-state index in [1.807, 2.05) is 0 Å². The molecular formula is C19H22ClN5O2. The number of carbonyl (C=O) groups excluding carboxylic acids is 1. The number of aryl methyl sites for hydroxylation is 1.